The maximum absolute atomic E-state index is 13.2. The highest BCUT2D eigenvalue weighted by Gasteiger charge is 2.18. The lowest BCUT2D eigenvalue weighted by atomic mass is 10.0. The van der Waals surface area contributed by atoms with Gasteiger partial charge < -0.3 is 4.74 Å². The standard InChI is InChI=1S/C22H19N3O2/c1-14-12-15(2)25(24-14)22(26)19-13-21(16-8-10-17(27-3)11-9-16)23-20-7-5-4-6-18(19)20/h4-13H,1-3H3. The fourth-order valence-electron chi connectivity index (χ4n) is 3.21. The average molecular weight is 357 g/mol. The zero-order chi connectivity index (χ0) is 19.0. The first-order valence-electron chi connectivity index (χ1n) is 8.69. The molecule has 2 aromatic carbocycles. The Labute approximate surface area is 157 Å². The van der Waals surface area contributed by atoms with E-state index in [2.05, 4.69) is 5.10 Å². The first kappa shape index (κ1) is 17.0. The SMILES string of the molecule is COc1ccc(-c2cc(C(=O)n3nc(C)cc3C)c3ccccc3n2)cc1. The molecule has 0 radical (unpaired) electrons. The first-order valence-corrected chi connectivity index (χ1v) is 8.69. The van der Waals surface area contributed by atoms with Crippen molar-refractivity contribution in [2.24, 2.45) is 0 Å². The van der Waals surface area contributed by atoms with Crippen molar-refractivity contribution in [1.82, 2.24) is 14.8 Å². The number of carbonyl (C=O) groups is 1. The molecule has 0 spiro atoms. The van der Waals surface area contributed by atoms with Crippen LogP contribution in [0.2, 0.25) is 0 Å². The number of aromatic nitrogens is 3. The lowest BCUT2D eigenvalue weighted by Gasteiger charge is -2.10. The Kier molecular flexibility index (Phi) is 4.20. The van der Waals surface area contributed by atoms with E-state index in [1.54, 1.807) is 7.11 Å². The van der Waals surface area contributed by atoms with E-state index in [0.29, 0.717) is 5.56 Å². The van der Waals surface area contributed by atoms with Crippen molar-refractivity contribution in [3.05, 3.63) is 77.6 Å². The van der Waals surface area contributed by atoms with Crippen LogP contribution in [0.15, 0.2) is 60.7 Å². The summed E-state index contributed by atoms with van der Waals surface area (Å²) in [7, 11) is 1.63. The summed E-state index contributed by atoms with van der Waals surface area (Å²) in [5.74, 6) is 0.618. The summed E-state index contributed by atoms with van der Waals surface area (Å²) in [6.45, 7) is 3.76. The fourth-order valence-corrected chi connectivity index (χ4v) is 3.21. The van der Waals surface area contributed by atoms with Gasteiger partial charge in [0.25, 0.3) is 5.91 Å². The summed E-state index contributed by atoms with van der Waals surface area (Å²) in [4.78, 5) is 18.0. The second-order valence-electron chi connectivity index (χ2n) is 6.44. The molecule has 0 bridgehead atoms. The third-order valence-electron chi connectivity index (χ3n) is 4.53. The highest BCUT2D eigenvalue weighted by molar-refractivity contribution is 6.08. The molecular formula is C22H19N3O2. The predicted molar refractivity (Wildman–Crippen MR) is 105 cm³/mol. The summed E-state index contributed by atoms with van der Waals surface area (Å²) >= 11 is 0. The van der Waals surface area contributed by atoms with Crippen molar-refractivity contribution in [1.29, 1.82) is 0 Å². The second-order valence-corrected chi connectivity index (χ2v) is 6.44. The van der Waals surface area contributed by atoms with Crippen molar-refractivity contribution in [2.75, 3.05) is 7.11 Å². The molecule has 0 saturated heterocycles. The molecule has 134 valence electrons. The minimum Gasteiger partial charge on any atom is -0.497 e. The maximum atomic E-state index is 13.2. The Morgan fingerprint density at radius 1 is 1.00 bits per heavy atom. The molecule has 0 atom stereocenters. The fraction of sp³-hybridized carbons (Fsp3) is 0.136. The minimum atomic E-state index is -0.158. The van der Waals surface area contributed by atoms with E-state index in [1.165, 1.54) is 4.68 Å². The number of carbonyl (C=O) groups excluding carboxylic acids is 1. The van der Waals surface area contributed by atoms with Gasteiger partial charge in [0.1, 0.15) is 5.75 Å². The van der Waals surface area contributed by atoms with Gasteiger partial charge in [-0.1, -0.05) is 18.2 Å². The van der Waals surface area contributed by atoms with Crippen LogP contribution in [0.4, 0.5) is 0 Å². The lowest BCUT2D eigenvalue weighted by Crippen LogP contribution is -2.16. The number of pyridine rings is 1. The van der Waals surface area contributed by atoms with Crippen molar-refractivity contribution < 1.29 is 9.53 Å². The zero-order valence-electron chi connectivity index (χ0n) is 15.4. The Morgan fingerprint density at radius 2 is 1.74 bits per heavy atom. The van der Waals surface area contributed by atoms with Gasteiger partial charge in [-0.05, 0) is 56.3 Å². The van der Waals surface area contributed by atoms with E-state index in [1.807, 2.05) is 74.5 Å². The predicted octanol–water partition coefficient (Wildman–Crippen LogP) is 4.41. The van der Waals surface area contributed by atoms with Crippen LogP contribution in [0.3, 0.4) is 0 Å². The van der Waals surface area contributed by atoms with Crippen LogP contribution >= 0.6 is 0 Å². The Bertz CT molecular complexity index is 1140. The number of rotatable bonds is 3. The van der Waals surface area contributed by atoms with Crippen LogP contribution in [0.1, 0.15) is 21.7 Å². The summed E-state index contributed by atoms with van der Waals surface area (Å²) in [5, 5.41) is 5.16. The van der Waals surface area contributed by atoms with Gasteiger partial charge in [-0.25, -0.2) is 9.67 Å². The van der Waals surface area contributed by atoms with Gasteiger partial charge >= 0.3 is 0 Å². The Morgan fingerprint density at radius 3 is 2.41 bits per heavy atom. The van der Waals surface area contributed by atoms with E-state index >= 15 is 0 Å². The quantitative estimate of drug-likeness (QED) is 0.545. The molecule has 5 heteroatoms. The summed E-state index contributed by atoms with van der Waals surface area (Å²) < 4.78 is 6.68. The molecule has 4 rings (SSSR count). The third kappa shape index (κ3) is 3.08. The third-order valence-corrected chi connectivity index (χ3v) is 4.53. The molecular weight excluding hydrogens is 338 g/mol. The van der Waals surface area contributed by atoms with Crippen molar-refractivity contribution in [3.8, 4) is 17.0 Å². The number of methoxy groups -OCH3 is 1. The van der Waals surface area contributed by atoms with Gasteiger partial charge in [0, 0.05) is 16.6 Å². The molecule has 5 nitrogen and oxygen atoms in total. The minimum absolute atomic E-state index is 0.158. The van der Waals surface area contributed by atoms with Crippen molar-refractivity contribution >= 4 is 16.8 Å². The highest BCUT2D eigenvalue weighted by Crippen LogP contribution is 2.27. The monoisotopic (exact) mass is 357 g/mol. The number of benzene rings is 2. The smallest absolute Gasteiger partial charge is 0.279 e. The number of nitrogens with zero attached hydrogens (tertiary/aromatic N) is 3. The number of fused-ring (bicyclic) bond motifs is 1. The molecule has 0 N–H and O–H groups in total. The lowest BCUT2D eigenvalue weighted by molar-refractivity contribution is 0.0944. The van der Waals surface area contributed by atoms with Crippen LogP contribution in [-0.4, -0.2) is 27.8 Å². The van der Waals surface area contributed by atoms with Crippen LogP contribution < -0.4 is 4.74 Å². The molecule has 4 aromatic rings. The topological polar surface area (TPSA) is 57.0 Å². The van der Waals surface area contributed by atoms with Crippen LogP contribution in [0.5, 0.6) is 5.75 Å². The second kappa shape index (κ2) is 6.68. The van der Waals surface area contributed by atoms with Gasteiger partial charge in [-0.2, -0.15) is 5.10 Å². The van der Waals surface area contributed by atoms with Crippen molar-refractivity contribution in [2.45, 2.75) is 13.8 Å². The van der Waals surface area contributed by atoms with E-state index in [-0.39, 0.29) is 5.91 Å². The zero-order valence-corrected chi connectivity index (χ0v) is 15.4. The molecule has 27 heavy (non-hydrogen) atoms. The van der Waals surface area contributed by atoms with Crippen LogP contribution in [-0.2, 0) is 0 Å². The summed E-state index contributed by atoms with van der Waals surface area (Å²) in [6, 6.07) is 19.0. The summed E-state index contributed by atoms with van der Waals surface area (Å²) in [5.41, 5.74) is 4.64. The number of aryl methyl sites for hydroxylation is 2. The molecule has 0 unspecified atom stereocenters. The summed E-state index contributed by atoms with van der Waals surface area (Å²) in [6.07, 6.45) is 0. The van der Waals surface area contributed by atoms with E-state index in [4.69, 9.17) is 9.72 Å². The molecule has 2 aromatic heterocycles. The van der Waals surface area contributed by atoms with Gasteiger partial charge in [0.2, 0.25) is 0 Å². The van der Waals surface area contributed by atoms with Gasteiger partial charge in [0.05, 0.1) is 29.6 Å². The molecule has 0 aliphatic heterocycles. The van der Waals surface area contributed by atoms with Crippen molar-refractivity contribution in [3.63, 3.8) is 0 Å². The molecule has 0 saturated carbocycles. The molecule has 2 heterocycles. The van der Waals surface area contributed by atoms with Crippen LogP contribution in [0.25, 0.3) is 22.2 Å². The molecule has 0 aliphatic rings. The number of hydrogen-bond donors (Lipinski definition) is 0. The van der Waals surface area contributed by atoms with Gasteiger partial charge in [-0.15, -0.1) is 0 Å². The number of para-hydroxylation sites is 1. The molecule has 0 amide bonds. The molecule has 0 fully saturated rings. The van der Waals surface area contributed by atoms with E-state index in [0.717, 1.165) is 39.3 Å². The van der Waals surface area contributed by atoms with E-state index < -0.39 is 0 Å². The Hall–Kier alpha value is -3.47. The van der Waals surface area contributed by atoms with E-state index in [9.17, 15) is 4.79 Å². The first-order chi connectivity index (χ1) is 13.1. The average Bonchev–Trinajstić information content (AvgIpc) is 3.04. The number of hydrogen-bond acceptors (Lipinski definition) is 4. The Balaban J connectivity index is 1.90. The van der Waals surface area contributed by atoms with Crippen LogP contribution in [0, 0.1) is 13.8 Å². The molecule has 0 aliphatic carbocycles. The maximum Gasteiger partial charge on any atom is 0.279 e. The normalized spacial score (nSPS) is 10.9. The van der Waals surface area contributed by atoms with Gasteiger partial charge in [-0.3, -0.25) is 4.79 Å². The number of ether oxygens (including phenoxy) is 1. The largest absolute Gasteiger partial charge is 0.497 e. The van der Waals surface area contributed by atoms with Gasteiger partial charge in [0.15, 0.2) is 0 Å². The highest BCUT2D eigenvalue weighted by atomic mass is 16.5.